The number of aromatic nitrogens is 3. The van der Waals surface area contributed by atoms with Crippen molar-refractivity contribution in [2.24, 2.45) is 0 Å². The van der Waals surface area contributed by atoms with Crippen LogP contribution >= 0.6 is 15.9 Å². The van der Waals surface area contributed by atoms with Crippen LogP contribution in [0.5, 0.6) is 0 Å². The van der Waals surface area contributed by atoms with Gasteiger partial charge < -0.3 is 5.32 Å². The molecule has 1 heterocycles. The Balaban J connectivity index is 2.16. The lowest BCUT2D eigenvalue weighted by molar-refractivity contribution is -0.137. The molecule has 102 valence electrons. The summed E-state index contributed by atoms with van der Waals surface area (Å²) in [6, 6.07) is 3.47. The minimum Gasteiger partial charge on any atom is -0.378 e. The average Bonchev–Trinajstić information content (AvgIpc) is 2.71. The van der Waals surface area contributed by atoms with Crippen LogP contribution < -0.4 is 11.0 Å². The van der Waals surface area contributed by atoms with Crippen molar-refractivity contribution in [1.29, 1.82) is 0 Å². The second-order valence-electron chi connectivity index (χ2n) is 3.70. The molecular weight excluding hydrogens is 329 g/mol. The van der Waals surface area contributed by atoms with Gasteiger partial charge in [0.05, 0.1) is 12.1 Å². The van der Waals surface area contributed by atoms with Gasteiger partial charge in [0.1, 0.15) is 5.82 Å². The zero-order valence-electron chi connectivity index (χ0n) is 9.31. The van der Waals surface area contributed by atoms with E-state index in [9.17, 15) is 18.0 Å². The van der Waals surface area contributed by atoms with Crippen LogP contribution in [0.3, 0.4) is 0 Å². The van der Waals surface area contributed by atoms with Crippen molar-refractivity contribution in [3.05, 3.63) is 44.5 Å². The lowest BCUT2D eigenvalue weighted by Gasteiger charge is -2.11. The quantitative estimate of drug-likeness (QED) is 0.806. The molecule has 0 saturated carbocycles. The van der Waals surface area contributed by atoms with E-state index in [1.54, 1.807) is 0 Å². The van der Waals surface area contributed by atoms with Gasteiger partial charge in [-0.1, -0.05) is 15.9 Å². The smallest absolute Gasteiger partial charge is 0.378 e. The van der Waals surface area contributed by atoms with Crippen LogP contribution in [0, 0.1) is 0 Å². The van der Waals surface area contributed by atoms with Crippen molar-refractivity contribution >= 4 is 21.6 Å². The number of rotatable bonds is 3. The van der Waals surface area contributed by atoms with Crippen LogP contribution in [0.4, 0.5) is 18.9 Å². The van der Waals surface area contributed by atoms with Gasteiger partial charge in [-0.05, 0) is 18.2 Å². The van der Waals surface area contributed by atoms with E-state index in [2.05, 4.69) is 36.4 Å². The number of aromatic amines is 2. The van der Waals surface area contributed by atoms with Gasteiger partial charge in [0.2, 0.25) is 0 Å². The number of benzene rings is 1. The van der Waals surface area contributed by atoms with Crippen molar-refractivity contribution in [1.82, 2.24) is 15.2 Å². The number of halogens is 4. The number of hydrogen-bond donors (Lipinski definition) is 3. The minimum absolute atomic E-state index is 0.104. The zero-order valence-corrected chi connectivity index (χ0v) is 10.9. The molecule has 1 aromatic heterocycles. The predicted octanol–water partition coefficient (Wildman–Crippen LogP) is 2.49. The standard InChI is InChI=1S/C10H8BrF3N4O/c11-6-1-5(10(12,13)14)2-7(3-6)15-4-8-16-9(19)18-17-8/h1-3,15H,4H2,(H2,16,17,18,19). The Morgan fingerprint density at radius 3 is 2.63 bits per heavy atom. The topological polar surface area (TPSA) is 73.6 Å². The Bertz CT molecular complexity index is 634. The molecule has 2 aromatic rings. The first kappa shape index (κ1) is 13.7. The van der Waals surface area contributed by atoms with Gasteiger partial charge in [-0.25, -0.2) is 9.89 Å². The van der Waals surface area contributed by atoms with E-state index in [0.29, 0.717) is 10.3 Å². The Morgan fingerprint density at radius 2 is 2.05 bits per heavy atom. The highest BCUT2D eigenvalue weighted by molar-refractivity contribution is 9.10. The van der Waals surface area contributed by atoms with Gasteiger partial charge in [0.15, 0.2) is 0 Å². The summed E-state index contributed by atoms with van der Waals surface area (Å²) in [6.45, 7) is 0.104. The molecule has 0 fully saturated rings. The molecule has 9 heteroatoms. The van der Waals surface area contributed by atoms with E-state index in [-0.39, 0.29) is 12.2 Å². The van der Waals surface area contributed by atoms with Crippen molar-refractivity contribution in [3.63, 3.8) is 0 Å². The maximum Gasteiger partial charge on any atom is 0.416 e. The van der Waals surface area contributed by atoms with E-state index in [0.717, 1.165) is 12.1 Å². The molecule has 0 amide bonds. The van der Waals surface area contributed by atoms with E-state index >= 15 is 0 Å². The van der Waals surface area contributed by atoms with Crippen molar-refractivity contribution in [2.45, 2.75) is 12.7 Å². The van der Waals surface area contributed by atoms with Crippen molar-refractivity contribution < 1.29 is 13.2 Å². The highest BCUT2D eigenvalue weighted by Gasteiger charge is 2.31. The second-order valence-corrected chi connectivity index (χ2v) is 4.62. The van der Waals surface area contributed by atoms with Gasteiger partial charge in [-0.3, -0.25) is 4.98 Å². The highest BCUT2D eigenvalue weighted by Crippen LogP contribution is 2.33. The molecule has 3 N–H and O–H groups in total. The Kier molecular flexibility index (Phi) is 3.65. The molecule has 5 nitrogen and oxygen atoms in total. The van der Waals surface area contributed by atoms with Gasteiger partial charge in [-0.2, -0.15) is 18.3 Å². The molecule has 19 heavy (non-hydrogen) atoms. The summed E-state index contributed by atoms with van der Waals surface area (Å²) >= 11 is 3.02. The van der Waals surface area contributed by atoms with E-state index in [4.69, 9.17) is 0 Å². The van der Waals surface area contributed by atoms with Gasteiger partial charge in [0.25, 0.3) is 0 Å². The molecule has 0 radical (unpaired) electrons. The molecule has 0 aliphatic heterocycles. The van der Waals surface area contributed by atoms with Crippen LogP contribution in [-0.2, 0) is 12.7 Å². The molecule has 0 aliphatic rings. The number of nitrogens with one attached hydrogen (secondary N) is 3. The van der Waals surface area contributed by atoms with E-state index < -0.39 is 17.4 Å². The Hall–Kier alpha value is -1.77. The van der Waals surface area contributed by atoms with Crippen LogP contribution in [-0.4, -0.2) is 15.2 Å². The number of hydrogen-bond acceptors (Lipinski definition) is 3. The first-order valence-corrected chi connectivity index (χ1v) is 5.89. The fourth-order valence-electron chi connectivity index (χ4n) is 1.43. The van der Waals surface area contributed by atoms with Gasteiger partial charge in [0, 0.05) is 10.2 Å². The Morgan fingerprint density at radius 1 is 1.32 bits per heavy atom. The van der Waals surface area contributed by atoms with Crippen LogP contribution in [0.2, 0.25) is 0 Å². The first-order chi connectivity index (χ1) is 8.84. The summed E-state index contributed by atoms with van der Waals surface area (Å²) in [4.78, 5) is 13.2. The lowest BCUT2D eigenvalue weighted by Crippen LogP contribution is -2.08. The van der Waals surface area contributed by atoms with Crippen molar-refractivity contribution in [2.75, 3.05) is 5.32 Å². The van der Waals surface area contributed by atoms with Crippen molar-refractivity contribution in [3.8, 4) is 0 Å². The zero-order chi connectivity index (χ0) is 14.0. The SMILES string of the molecule is O=c1[nH]nc(CNc2cc(Br)cc(C(F)(F)F)c2)[nH]1. The third kappa shape index (κ3) is 3.60. The van der Waals surface area contributed by atoms with Crippen LogP contribution in [0.1, 0.15) is 11.4 Å². The molecular formula is C10H8BrF3N4O. The summed E-state index contributed by atoms with van der Waals surface area (Å²) in [6.07, 6.45) is -4.42. The van der Waals surface area contributed by atoms with E-state index in [1.807, 2.05) is 0 Å². The molecule has 1 aromatic carbocycles. The second kappa shape index (κ2) is 5.08. The first-order valence-electron chi connectivity index (χ1n) is 5.10. The minimum atomic E-state index is -4.42. The predicted molar refractivity (Wildman–Crippen MR) is 65.7 cm³/mol. The molecule has 0 spiro atoms. The van der Waals surface area contributed by atoms with Crippen LogP contribution in [0.15, 0.2) is 27.5 Å². The maximum atomic E-state index is 12.6. The van der Waals surface area contributed by atoms with Crippen LogP contribution in [0.25, 0.3) is 0 Å². The normalized spacial score (nSPS) is 11.6. The third-order valence-electron chi connectivity index (χ3n) is 2.24. The molecule has 0 unspecified atom stereocenters. The summed E-state index contributed by atoms with van der Waals surface area (Å²) < 4.78 is 38.1. The van der Waals surface area contributed by atoms with Gasteiger partial charge >= 0.3 is 11.9 Å². The molecule has 0 atom stereocenters. The number of anilines is 1. The number of H-pyrrole nitrogens is 2. The number of nitrogens with zero attached hydrogens (tertiary/aromatic N) is 1. The Labute approximate surface area is 113 Å². The summed E-state index contributed by atoms with van der Waals surface area (Å²) in [5.41, 5.74) is -0.965. The maximum absolute atomic E-state index is 12.6. The van der Waals surface area contributed by atoms with E-state index in [1.165, 1.54) is 6.07 Å². The highest BCUT2D eigenvalue weighted by atomic mass is 79.9. The largest absolute Gasteiger partial charge is 0.416 e. The molecule has 0 aliphatic carbocycles. The summed E-state index contributed by atoms with van der Waals surface area (Å²) in [7, 11) is 0. The van der Waals surface area contributed by atoms with Gasteiger partial charge in [-0.15, -0.1) is 0 Å². The average molecular weight is 337 g/mol. The number of alkyl halides is 3. The molecule has 0 saturated heterocycles. The monoisotopic (exact) mass is 336 g/mol. The molecule has 2 rings (SSSR count). The lowest BCUT2D eigenvalue weighted by atomic mass is 10.2. The molecule has 0 bridgehead atoms. The summed E-state index contributed by atoms with van der Waals surface area (Å²) in [5.74, 6) is 0.304. The third-order valence-corrected chi connectivity index (χ3v) is 2.69. The summed E-state index contributed by atoms with van der Waals surface area (Å²) in [5, 5.41) is 8.54. The fourth-order valence-corrected chi connectivity index (χ4v) is 1.92. The fraction of sp³-hybridized carbons (Fsp3) is 0.200.